The molecule has 2 atom stereocenters. The highest BCUT2D eigenvalue weighted by atomic mass is 35.5. The lowest BCUT2D eigenvalue weighted by Crippen LogP contribution is -2.43. The third-order valence-corrected chi connectivity index (χ3v) is 8.99. The molecule has 2 amide bonds. The number of carbonyl (C=O) groups is 2. The van der Waals surface area contributed by atoms with E-state index in [1.54, 1.807) is 11.8 Å². The molecule has 3 heterocycles. The van der Waals surface area contributed by atoms with E-state index in [9.17, 15) is 9.59 Å². The Morgan fingerprint density at radius 2 is 1.64 bits per heavy atom. The summed E-state index contributed by atoms with van der Waals surface area (Å²) >= 11 is 6.43. The van der Waals surface area contributed by atoms with Crippen LogP contribution < -0.4 is 4.90 Å². The normalized spacial score (nSPS) is 22.2. The first-order valence-corrected chi connectivity index (χ1v) is 14.7. The maximum absolute atomic E-state index is 13.4. The largest absolute Gasteiger partial charge is 0.446 e. The number of nitrogens with zero attached hydrogens (tertiary/aromatic N) is 4. The van der Waals surface area contributed by atoms with Crippen LogP contribution >= 0.6 is 11.6 Å². The van der Waals surface area contributed by atoms with Crippen molar-refractivity contribution in [2.24, 2.45) is 11.8 Å². The monoisotopic (exact) mass is 552 g/mol. The number of hydrogen-bond donors (Lipinski definition) is 0. The predicted octanol–water partition coefficient (Wildman–Crippen LogP) is 5.06. The third kappa shape index (κ3) is 7.13. The van der Waals surface area contributed by atoms with Crippen LogP contribution in [-0.4, -0.2) is 85.2 Å². The van der Waals surface area contributed by atoms with Crippen LogP contribution in [-0.2, 0) is 16.1 Å². The molecule has 0 spiro atoms. The molecule has 2 unspecified atom stereocenters. The molecule has 8 heteroatoms. The van der Waals surface area contributed by atoms with E-state index in [2.05, 4.69) is 40.1 Å². The molecule has 39 heavy (non-hydrogen) atoms. The maximum atomic E-state index is 13.4. The number of piperidine rings is 1. The lowest BCUT2D eigenvalue weighted by atomic mass is 10.0. The minimum absolute atomic E-state index is 0.0747. The van der Waals surface area contributed by atoms with Crippen molar-refractivity contribution in [2.45, 2.75) is 45.8 Å². The summed E-state index contributed by atoms with van der Waals surface area (Å²) in [7, 11) is 0. The average Bonchev–Trinajstić information content (AvgIpc) is 3.47. The van der Waals surface area contributed by atoms with Crippen molar-refractivity contribution in [3.63, 3.8) is 0 Å². The first kappa shape index (κ1) is 27.9. The number of fused-ring (bicyclic) bond motifs is 1. The van der Waals surface area contributed by atoms with Gasteiger partial charge in [0, 0.05) is 82.8 Å². The van der Waals surface area contributed by atoms with Crippen molar-refractivity contribution in [3.05, 3.63) is 64.7 Å². The molecular weight excluding hydrogens is 512 g/mol. The molecule has 5 rings (SSSR count). The molecule has 0 aliphatic carbocycles. The lowest BCUT2D eigenvalue weighted by Gasteiger charge is -2.32. The molecule has 2 aromatic rings. The van der Waals surface area contributed by atoms with E-state index in [-0.39, 0.29) is 18.1 Å². The fraction of sp³-hybridized carbons (Fsp3) is 0.548. The summed E-state index contributed by atoms with van der Waals surface area (Å²) in [4.78, 5) is 33.7. The first-order chi connectivity index (χ1) is 18.9. The smallest absolute Gasteiger partial charge is 0.414 e. The highest BCUT2D eigenvalue weighted by Gasteiger charge is 2.39. The number of likely N-dealkylation sites (tertiary alicyclic amines) is 3. The predicted molar refractivity (Wildman–Crippen MR) is 155 cm³/mol. The SMILES string of the molecule is CC(=O)N1CCC(OC(=O)N(CCCN2CC3CN(Cc4ccccc4)CC3C2)c2ccc(C)c(Cl)c2)CC1. The lowest BCUT2D eigenvalue weighted by molar-refractivity contribution is -0.130. The minimum Gasteiger partial charge on any atom is -0.446 e. The van der Waals surface area contributed by atoms with E-state index in [1.807, 2.05) is 30.0 Å². The van der Waals surface area contributed by atoms with E-state index in [0.717, 1.165) is 55.7 Å². The minimum atomic E-state index is -0.328. The molecule has 0 N–H and O–H groups in total. The van der Waals surface area contributed by atoms with Crippen LogP contribution in [0, 0.1) is 18.8 Å². The second kappa shape index (κ2) is 12.7. The fourth-order valence-electron chi connectivity index (χ4n) is 6.36. The van der Waals surface area contributed by atoms with Gasteiger partial charge in [-0.05, 0) is 55.0 Å². The van der Waals surface area contributed by atoms with Crippen molar-refractivity contribution in [2.75, 3.05) is 57.3 Å². The summed E-state index contributed by atoms with van der Waals surface area (Å²) in [5.41, 5.74) is 3.14. The van der Waals surface area contributed by atoms with Gasteiger partial charge >= 0.3 is 6.09 Å². The average molecular weight is 553 g/mol. The Kier molecular flexibility index (Phi) is 9.10. The van der Waals surface area contributed by atoms with Gasteiger partial charge in [0.25, 0.3) is 0 Å². The Morgan fingerprint density at radius 1 is 0.974 bits per heavy atom. The van der Waals surface area contributed by atoms with Gasteiger partial charge in [0.1, 0.15) is 6.10 Å². The van der Waals surface area contributed by atoms with Gasteiger partial charge in [-0.2, -0.15) is 0 Å². The molecule has 0 aromatic heterocycles. The van der Waals surface area contributed by atoms with Gasteiger partial charge in [-0.1, -0.05) is 48.0 Å². The molecule has 3 aliphatic rings. The molecular formula is C31H41ClN4O3. The van der Waals surface area contributed by atoms with Crippen molar-refractivity contribution in [3.8, 4) is 0 Å². The van der Waals surface area contributed by atoms with Gasteiger partial charge in [-0.3, -0.25) is 14.6 Å². The van der Waals surface area contributed by atoms with Crippen LogP contribution in [0.4, 0.5) is 10.5 Å². The summed E-state index contributed by atoms with van der Waals surface area (Å²) in [6.45, 7) is 12.0. The number of benzene rings is 2. The van der Waals surface area contributed by atoms with E-state index >= 15 is 0 Å². The fourth-order valence-corrected chi connectivity index (χ4v) is 6.54. The summed E-state index contributed by atoms with van der Waals surface area (Å²) < 4.78 is 5.94. The zero-order chi connectivity index (χ0) is 27.4. The van der Waals surface area contributed by atoms with Crippen LogP contribution in [0.15, 0.2) is 48.5 Å². The molecule has 2 aromatic carbocycles. The highest BCUT2D eigenvalue weighted by molar-refractivity contribution is 6.31. The molecule has 3 aliphatic heterocycles. The van der Waals surface area contributed by atoms with Crippen molar-refractivity contribution in [1.82, 2.24) is 14.7 Å². The van der Waals surface area contributed by atoms with E-state index in [1.165, 1.54) is 18.7 Å². The zero-order valence-electron chi connectivity index (χ0n) is 23.2. The number of halogens is 1. The number of hydrogen-bond acceptors (Lipinski definition) is 5. The van der Waals surface area contributed by atoms with Crippen LogP contribution in [0.5, 0.6) is 0 Å². The number of carbonyl (C=O) groups excluding carboxylic acids is 2. The Balaban J connectivity index is 1.13. The van der Waals surface area contributed by atoms with Gasteiger partial charge in [0.15, 0.2) is 0 Å². The Labute approximate surface area is 237 Å². The molecule has 0 radical (unpaired) electrons. The van der Waals surface area contributed by atoms with Crippen LogP contribution in [0.25, 0.3) is 0 Å². The number of amides is 2. The maximum Gasteiger partial charge on any atom is 0.414 e. The van der Waals surface area contributed by atoms with E-state index in [0.29, 0.717) is 37.5 Å². The van der Waals surface area contributed by atoms with Gasteiger partial charge in [-0.25, -0.2) is 4.79 Å². The summed E-state index contributed by atoms with van der Waals surface area (Å²) in [5.74, 6) is 1.53. The highest BCUT2D eigenvalue weighted by Crippen LogP contribution is 2.32. The zero-order valence-corrected chi connectivity index (χ0v) is 24.0. The van der Waals surface area contributed by atoms with Gasteiger partial charge in [-0.15, -0.1) is 0 Å². The molecule has 3 fully saturated rings. The van der Waals surface area contributed by atoms with E-state index in [4.69, 9.17) is 16.3 Å². The van der Waals surface area contributed by atoms with E-state index < -0.39 is 0 Å². The molecule has 7 nitrogen and oxygen atoms in total. The third-order valence-electron chi connectivity index (χ3n) is 8.58. The second-order valence-corrected chi connectivity index (χ2v) is 11.9. The van der Waals surface area contributed by atoms with Crippen molar-refractivity contribution < 1.29 is 14.3 Å². The Morgan fingerprint density at radius 3 is 2.28 bits per heavy atom. The second-order valence-electron chi connectivity index (χ2n) is 11.5. The molecule has 210 valence electrons. The first-order valence-electron chi connectivity index (χ1n) is 14.3. The van der Waals surface area contributed by atoms with Gasteiger partial charge in [0.2, 0.25) is 5.91 Å². The van der Waals surface area contributed by atoms with Crippen molar-refractivity contribution >= 4 is 29.3 Å². The number of anilines is 1. The van der Waals surface area contributed by atoms with Gasteiger partial charge < -0.3 is 14.5 Å². The summed E-state index contributed by atoms with van der Waals surface area (Å²) in [5, 5.41) is 0.646. The number of ether oxygens (including phenoxy) is 1. The van der Waals surface area contributed by atoms with Crippen molar-refractivity contribution in [1.29, 1.82) is 0 Å². The quantitative estimate of drug-likeness (QED) is 0.458. The van der Waals surface area contributed by atoms with Crippen LogP contribution in [0.3, 0.4) is 0 Å². The Bertz CT molecular complexity index is 1120. The summed E-state index contributed by atoms with van der Waals surface area (Å²) in [6, 6.07) is 16.5. The summed E-state index contributed by atoms with van der Waals surface area (Å²) in [6.07, 6.45) is 1.72. The Hall–Kier alpha value is -2.61. The van der Waals surface area contributed by atoms with Crippen LogP contribution in [0.1, 0.15) is 37.3 Å². The molecule has 0 saturated carbocycles. The number of aryl methyl sites for hydroxylation is 1. The van der Waals surface area contributed by atoms with Gasteiger partial charge in [0.05, 0.1) is 0 Å². The standard InChI is InChI=1S/C31H41ClN4O3/c1-23-9-10-28(17-30(23)32)36(31(38)39-29-11-15-35(16-12-29)24(2)37)14-6-13-33-19-26-21-34(22-27(26)20-33)18-25-7-4-3-5-8-25/h3-5,7-10,17,26-27,29H,6,11-16,18-22H2,1-2H3. The van der Waals surface area contributed by atoms with Crippen LogP contribution in [0.2, 0.25) is 5.02 Å². The number of rotatable bonds is 8. The molecule has 3 saturated heterocycles. The topological polar surface area (TPSA) is 56.3 Å². The molecule has 0 bridgehead atoms.